The van der Waals surface area contributed by atoms with Crippen LogP contribution < -0.4 is 5.32 Å². The molecule has 6 heteroatoms. The zero-order valence-corrected chi connectivity index (χ0v) is 17.2. The zero-order valence-electron chi connectivity index (χ0n) is 16.4. The van der Waals surface area contributed by atoms with Crippen molar-refractivity contribution < 1.29 is 9.90 Å². The van der Waals surface area contributed by atoms with E-state index in [4.69, 9.17) is 0 Å². The molecule has 0 fully saturated rings. The lowest BCUT2D eigenvalue weighted by Gasteiger charge is -2.12. The fourth-order valence-corrected chi connectivity index (χ4v) is 3.68. The predicted molar refractivity (Wildman–Crippen MR) is 114 cm³/mol. The number of aromatic nitrogens is 2. The minimum atomic E-state index is -0.0892. The van der Waals surface area contributed by atoms with E-state index in [1.165, 1.54) is 17.3 Å². The van der Waals surface area contributed by atoms with E-state index in [0.29, 0.717) is 6.54 Å². The number of rotatable bonds is 7. The Labute approximate surface area is 169 Å². The van der Waals surface area contributed by atoms with Crippen LogP contribution in [-0.2, 0) is 17.9 Å². The van der Waals surface area contributed by atoms with Crippen LogP contribution in [0.1, 0.15) is 27.9 Å². The number of carbonyl (C=O) groups excluding carboxylic acids is 1. The summed E-state index contributed by atoms with van der Waals surface area (Å²) in [4.78, 5) is 16.8. The van der Waals surface area contributed by atoms with Gasteiger partial charge in [0.05, 0.1) is 24.3 Å². The monoisotopic (exact) mass is 395 g/mol. The fourth-order valence-electron chi connectivity index (χ4n) is 2.88. The highest BCUT2D eigenvalue weighted by atomic mass is 32.2. The first-order valence-electron chi connectivity index (χ1n) is 9.17. The molecular formula is C22H25N3O2S. The molecule has 0 radical (unpaired) electrons. The van der Waals surface area contributed by atoms with Crippen LogP contribution in [0, 0.1) is 20.8 Å². The molecular weight excluding hydrogens is 370 g/mol. The third-order valence-corrected chi connectivity index (χ3v) is 5.73. The summed E-state index contributed by atoms with van der Waals surface area (Å²) >= 11 is 1.37. The second-order valence-corrected chi connectivity index (χ2v) is 7.79. The number of benzene rings is 2. The summed E-state index contributed by atoms with van der Waals surface area (Å²) in [5.74, 6) is 0.178. The molecule has 0 saturated heterocycles. The van der Waals surface area contributed by atoms with Gasteiger partial charge in [-0.1, -0.05) is 53.7 Å². The highest BCUT2D eigenvalue weighted by Gasteiger charge is 2.13. The van der Waals surface area contributed by atoms with Gasteiger partial charge in [0.15, 0.2) is 5.16 Å². The summed E-state index contributed by atoms with van der Waals surface area (Å²) in [6.07, 6.45) is 1.67. The van der Waals surface area contributed by atoms with Gasteiger partial charge in [0, 0.05) is 12.2 Å². The molecule has 1 aromatic heterocycles. The quantitative estimate of drug-likeness (QED) is 0.592. The largest absolute Gasteiger partial charge is 0.390 e. The van der Waals surface area contributed by atoms with E-state index in [2.05, 4.69) is 41.5 Å². The molecule has 0 spiro atoms. The van der Waals surface area contributed by atoms with Crippen molar-refractivity contribution in [2.24, 2.45) is 0 Å². The van der Waals surface area contributed by atoms with E-state index < -0.39 is 0 Å². The molecule has 0 bridgehead atoms. The highest BCUT2D eigenvalue weighted by molar-refractivity contribution is 7.99. The second-order valence-electron chi connectivity index (χ2n) is 6.85. The summed E-state index contributed by atoms with van der Waals surface area (Å²) in [5, 5.41) is 13.3. The molecule has 1 heterocycles. The number of hydrogen-bond acceptors (Lipinski definition) is 4. The number of amides is 1. The van der Waals surface area contributed by atoms with Crippen LogP contribution in [0.25, 0.3) is 0 Å². The number of imidazole rings is 1. The average Bonchev–Trinajstić information content (AvgIpc) is 3.07. The maximum absolute atomic E-state index is 12.4. The van der Waals surface area contributed by atoms with Gasteiger partial charge >= 0.3 is 0 Å². The van der Waals surface area contributed by atoms with Crippen LogP contribution >= 0.6 is 11.8 Å². The van der Waals surface area contributed by atoms with Gasteiger partial charge in [0.1, 0.15) is 0 Å². The van der Waals surface area contributed by atoms with Crippen molar-refractivity contribution in [1.82, 2.24) is 9.55 Å². The molecule has 3 rings (SSSR count). The van der Waals surface area contributed by atoms with Gasteiger partial charge in [-0.15, -0.1) is 0 Å². The van der Waals surface area contributed by atoms with Crippen molar-refractivity contribution >= 4 is 23.4 Å². The van der Waals surface area contributed by atoms with Gasteiger partial charge in [-0.2, -0.15) is 0 Å². The smallest absolute Gasteiger partial charge is 0.234 e. The molecule has 0 unspecified atom stereocenters. The lowest BCUT2D eigenvalue weighted by atomic mass is 10.1. The lowest BCUT2D eigenvalue weighted by molar-refractivity contribution is -0.113. The van der Waals surface area contributed by atoms with E-state index in [9.17, 15) is 9.90 Å². The molecule has 0 atom stereocenters. The van der Waals surface area contributed by atoms with Crippen LogP contribution in [0.5, 0.6) is 0 Å². The highest BCUT2D eigenvalue weighted by Crippen LogP contribution is 2.22. The molecule has 28 heavy (non-hydrogen) atoms. The maximum atomic E-state index is 12.4. The molecule has 0 aliphatic rings. The maximum Gasteiger partial charge on any atom is 0.234 e. The van der Waals surface area contributed by atoms with Gasteiger partial charge in [-0.25, -0.2) is 4.98 Å². The van der Waals surface area contributed by atoms with Gasteiger partial charge in [-0.05, 0) is 43.5 Å². The van der Waals surface area contributed by atoms with E-state index >= 15 is 0 Å². The summed E-state index contributed by atoms with van der Waals surface area (Å²) < 4.78 is 1.96. The lowest BCUT2D eigenvalue weighted by Crippen LogP contribution is -2.16. The predicted octanol–water partition coefficient (Wildman–Crippen LogP) is 4.08. The summed E-state index contributed by atoms with van der Waals surface area (Å²) in [5.41, 5.74) is 6.12. The van der Waals surface area contributed by atoms with Gasteiger partial charge < -0.3 is 15.0 Å². The summed E-state index contributed by atoms with van der Waals surface area (Å²) in [7, 11) is 0. The molecule has 2 N–H and O–H groups in total. The van der Waals surface area contributed by atoms with Crippen molar-refractivity contribution in [3.8, 4) is 0 Å². The molecule has 0 aliphatic heterocycles. The van der Waals surface area contributed by atoms with Crippen LogP contribution in [0.3, 0.4) is 0 Å². The molecule has 5 nitrogen and oxygen atoms in total. The first kappa shape index (κ1) is 20.2. The number of nitrogens with one attached hydrogen (secondary N) is 1. The van der Waals surface area contributed by atoms with Gasteiger partial charge in [-0.3, -0.25) is 4.79 Å². The Balaban J connectivity index is 1.68. The first-order valence-corrected chi connectivity index (χ1v) is 10.2. The van der Waals surface area contributed by atoms with Crippen molar-refractivity contribution in [3.05, 3.63) is 76.6 Å². The molecule has 1 amide bonds. The Morgan fingerprint density at radius 2 is 1.89 bits per heavy atom. The number of nitrogens with zero attached hydrogens (tertiary/aromatic N) is 2. The molecule has 3 aromatic rings. The fraction of sp³-hybridized carbons (Fsp3) is 0.273. The Bertz CT molecular complexity index is 964. The third-order valence-electron chi connectivity index (χ3n) is 4.74. The van der Waals surface area contributed by atoms with Crippen molar-refractivity contribution in [1.29, 1.82) is 0 Å². The van der Waals surface area contributed by atoms with E-state index in [1.54, 1.807) is 6.20 Å². The average molecular weight is 396 g/mol. The van der Waals surface area contributed by atoms with E-state index in [-0.39, 0.29) is 18.3 Å². The first-order chi connectivity index (χ1) is 13.5. The molecule has 146 valence electrons. The Kier molecular flexibility index (Phi) is 6.54. The number of aliphatic hydroxyl groups excluding tert-OH is 1. The van der Waals surface area contributed by atoms with Gasteiger partial charge in [0.2, 0.25) is 5.91 Å². The van der Waals surface area contributed by atoms with Crippen molar-refractivity contribution in [2.45, 2.75) is 39.1 Å². The molecule has 0 aliphatic carbocycles. The normalized spacial score (nSPS) is 10.9. The summed E-state index contributed by atoms with van der Waals surface area (Å²) in [6, 6.07) is 14.1. The SMILES string of the molecule is Cc1ccc(Cn2c(CO)cnc2SCC(=O)Nc2cccc(C)c2C)cc1. The number of aliphatic hydroxyl groups is 1. The minimum Gasteiger partial charge on any atom is -0.390 e. The molecule has 0 saturated carbocycles. The van der Waals surface area contributed by atoms with Crippen LogP contribution in [0.2, 0.25) is 0 Å². The zero-order chi connectivity index (χ0) is 20.1. The third kappa shape index (κ3) is 4.82. The molecule has 2 aromatic carbocycles. The topological polar surface area (TPSA) is 67.1 Å². The number of carbonyl (C=O) groups is 1. The van der Waals surface area contributed by atoms with Crippen LogP contribution in [-0.4, -0.2) is 26.3 Å². The van der Waals surface area contributed by atoms with E-state index in [1.807, 2.05) is 36.6 Å². The van der Waals surface area contributed by atoms with Crippen LogP contribution in [0.15, 0.2) is 53.8 Å². The minimum absolute atomic E-state index is 0.0749. The second kappa shape index (κ2) is 9.08. The van der Waals surface area contributed by atoms with Crippen molar-refractivity contribution in [3.63, 3.8) is 0 Å². The number of hydrogen-bond donors (Lipinski definition) is 2. The van der Waals surface area contributed by atoms with Crippen molar-refractivity contribution in [2.75, 3.05) is 11.1 Å². The standard InChI is InChI=1S/C22H25N3O2S/c1-15-7-9-18(10-8-15)12-25-19(13-26)11-23-22(25)28-14-21(27)24-20-6-4-5-16(2)17(20)3/h4-11,26H,12-14H2,1-3H3,(H,24,27). The number of anilines is 1. The number of aryl methyl sites for hydroxylation is 2. The Hall–Kier alpha value is -2.57. The number of thioether (sulfide) groups is 1. The van der Waals surface area contributed by atoms with Gasteiger partial charge in [0.25, 0.3) is 0 Å². The Morgan fingerprint density at radius 1 is 1.14 bits per heavy atom. The van der Waals surface area contributed by atoms with E-state index in [0.717, 1.165) is 33.2 Å². The van der Waals surface area contributed by atoms with Crippen LogP contribution in [0.4, 0.5) is 5.69 Å². The Morgan fingerprint density at radius 3 is 2.61 bits per heavy atom. The summed E-state index contributed by atoms with van der Waals surface area (Å²) in [6.45, 7) is 6.60.